The lowest BCUT2D eigenvalue weighted by Crippen LogP contribution is -2.45. The number of rotatable bonds is 5. The highest BCUT2D eigenvalue weighted by Crippen LogP contribution is 2.32. The van der Waals surface area contributed by atoms with Gasteiger partial charge in [0.25, 0.3) is 0 Å². The molecule has 0 spiro atoms. The third kappa shape index (κ3) is 4.38. The van der Waals surface area contributed by atoms with Gasteiger partial charge in [-0.25, -0.2) is 0 Å². The Morgan fingerprint density at radius 1 is 1.35 bits per heavy atom. The second-order valence-corrected chi connectivity index (χ2v) is 4.98. The second kappa shape index (κ2) is 6.45. The number of alkyl halides is 3. The van der Waals surface area contributed by atoms with Crippen LogP contribution in [0.1, 0.15) is 24.9 Å². The largest absolute Gasteiger partial charge is 0.481 e. The molecular weight excluding hydrogens is 295 g/mol. The summed E-state index contributed by atoms with van der Waals surface area (Å²) in [5.74, 6) is -1.48. The van der Waals surface area contributed by atoms with Gasteiger partial charge in [0.1, 0.15) is 6.04 Å². The molecule has 0 aliphatic rings. The first kappa shape index (κ1) is 16.8. The fourth-order valence-corrected chi connectivity index (χ4v) is 2.03. The molecule has 0 aromatic heterocycles. The minimum atomic E-state index is -4.60. The van der Waals surface area contributed by atoms with E-state index in [0.717, 1.165) is 4.90 Å². The normalized spacial score (nSPS) is 15.2. The maximum absolute atomic E-state index is 12.9. The van der Waals surface area contributed by atoms with Crippen molar-refractivity contribution in [1.29, 1.82) is 0 Å². The van der Waals surface area contributed by atoms with Gasteiger partial charge in [0.15, 0.2) is 0 Å². The van der Waals surface area contributed by atoms with Crippen molar-refractivity contribution in [2.45, 2.75) is 31.6 Å². The lowest BCUT2D eigenvalue weighted by molar-refractivity contribution is -0.192. The van der Waals surface area contributed by atoms with Crippen molar-refractivity contribution < 1.29 is 23.1 Å². The van der Waals surface area contributed by atoms with Crippen molar-refractivity contribution in [2.75, 3.05) is 7.05 Å². The van der Waals surface area contributed by atoms with Crippen molar-refractivity contribution >= 4 is 17.6 Å². The van der Waals surface area contributed by atoms with Gasteiger partial charge in [-0.1, -0.05) is 23.7 Å². The molecule has 0 aliphatic heterocycles. The molecule has 7 heteroatoms. The number of halogens is 4. The predicted molar refractivity (Wildman–Crippen MR) is 69.7 cm³/mol. The van der Waals surface area contributed by atoms with Gasteiger partial charge in [-0.3, -0.25) is 9.69 Å². The fourth-order valence-electron chi connectivity index (χ4n) is 1.90. The standard InChI is InChI=1S/C13H15ClF3NO2/c1-8(9-3-5-10(14)6-4-9)18(2)11(7-12(19)20)13(15,16)17/h3-6,8,11H,7H2,1-2H3,(H,19,20). The fraction of sp³-hybridized carbons (Fsp3) is 0.462. The highest BCUT2D eigenvalue weighted by Gasteiger charge is 2.44. The topological polar surface area (TPSA) is 40.5 Å². The number of carbonyl (C=O) groups is 1. The predicted octanol–water partition coefficient (Wildman–Crippen LogP) is 3.74. The number of benzene rings is 1. The zero-order valence-corrected chi connectivity index (χ0v) is 11.7. The minimum Gasteiger partial charge on any atom is -0.481 e. The number of nitrogens with zero attached hydrogens (tertiary/aromatic N) is 1. The van der Waals surface area contributed by atoms with Crippen molar-refractivity contribution in [3.05, 3.63) is 34.9 Å². The van der Waals surface area contributed by atoms with Crippen molar-refractivity contribution in [2.24, 2.45) is 0 Å². The highest BCUT2D eigenvalue weighted by molar-refractivity contribution is 6.30. The maximum atomic E-state index is 12.9. The molecule has 1 aromatic rings. The van der Waals surface area contributed by atoms with Gasteiger partial charge in [0, 0.05) is 11.1 Å². The number of hydrogen-bond acceptors (Lipinski definition) is 2. The Kier molecular flexibility index (Phi) is 5.42. The summed E-state index contributed by atoms with van der Waals surface area (Å²) in [4.78, 5) is 11.6. The van der Waals surface area contributed by atoms with E-state index in [2.05, 4.69) is 0 Å². The van der Waals surface area contributed by atoms with E-state index in [-0.39, 0.29) is 0 Å². The molecule has 0 saturated carbocycles. The van der Waals surface area contributed by atoms with Crippen LogP contribution >= 0.6 is 11.6 Å². The Hall–Kier alpha value is -1.27. The summed E-state index contributed by atoms with van der Waals surface area (Å²) in [6.07, 6.45) is -5.59. The van der Waals surface area contributed by atoms with Gasteiger partial charge < -0.3 is 5.11 Å². The maximum Gasteiger partial charge on any atom is 0.404 e. The van der Waals surface area contributed by atoms with E-state index in [0.29, 0.717) is 10.6 Å². The molecule has 0 heterocycles. The van der Waals surface area contributed by atoms with E-state index in [9.17, 15) is 18.0 Å². The zero-order chi connectivity index (χ0) is 15.5. The molecule has 1 N–H and O–H groups in total. The van der Waals surface area contributed by atoms with Crippen LogP contribution < -0.4 is 0 Å². The molecule has 1 aromatic carbocycles. The Morgan fingerprint density at radius 3 is 2.25 bits per heavy atom. The van der Waals surface area contributed by atoms with Gasteiger partial charge in [0.2, 0.25) is 0 Å². The second-order valence-electron chi connectivity index (χ2n) is 4.55. The molecule has 0 saturated heterocycles. The van der Waals surface area contributed by atoms with Crippen LogP contribution in [0, 0.1) is 0 Å². The molecule has 3 nitrogen and oxygen atoms in total. The molecule has 0 radical (unpaired) electrons. The van der Waals surface area contributed by atoms with Crippen LogP contribution in [0.4, 0.5) is 13.2 Å². The monoisotopic (exact) mass is 309 g/mol. The van der Waals surface area contributed by atoms with Gasteiger partial charge >= 0.3 is 12.1 Å². The zero-order valence-electron chi connectivity index (χ0n) is 11.0. The lowest BCUT2D eigenvalue weighted by atomic mass is 10.0. The molecule has 0 aliphatic carbocycles. The van der Waals surface area contributed by atoms with E-state index >= 15 is 0 Å². The number of carboxylic acid groups (broad SMARTS) is 1. The third-order valence-electron chi connectivity index (χ3n) is 3.20. The summed E-state index contributed by atoms with van der Waals surface area (Å²) < 4.78 is 38.8. The van der Waals surface area contributed by atoms with Gasteiger partial charge in [-0.05, 0) is 31.7 Å². The van der Waals surface area contributed by atoms with E-state index in [1.807, 2.05) is 0 Å². The molecule has 0 fully saturated rings. The first-order chi connectivity index (χ1) is 9.12. The van der Waals surface area contributed by atoms with E-state index in [1.165, 1.54) is 7.05 Å². The minimum absolute atomic E-state index is 0.488. The Morgan fingerprint density at radius 2 is 1.85 bits per heavy atom. The van der Waals surface area contributed by atoms with Gasteiger partial charge in [-0.2, -0.15) is 13.2 Å². The molecule has 20 heavy (non-hydrogen) atoms. The van der Waals surface area contributed by atoms with E-state index in [1.54, 1.807) is 31.2 Å². The summed E-state index contributed by atoms with van der Waals surface area (Å²) in [5, 5.41) is 9.13. The van der Waals surface area contributed by atoms with E-state index in [4.69, 9.17) is 16.7 Å². The summed E-state index contributed by atoms with van der Waals surface area (Å²) in [6, 6.07) is 3.79. The summed E-state index contributed by atoms with van der Waals surface area (Å²) in [6.45, 7) is 1.59. The van der Waals surface area contributed by atoms with Crippen LogP contribution in [0.5, 0.6) is 0 Å². The average Bonchev–Trinajstić information content (AvgIpc) is 2.33. The first-order valence-corrected chi connectivity index (χ1v) is 6.26. The van der Waals surface area contributed by atoms with Crippen LogP contribution in [0.2, 0.25) is 5.02 Å². The molecule has 0 amide bonds. The molecule has 1 rings (SSSR count). The SMILES string of the molecule is CC(c1ccc(Cl)cc1)N(C)C(CC(=O)O)C(F)(F)F. The molecular formula is C13H15ClF3NO2. The van der Waals surface area contributed by atoms with Gasteiger partial charge in [0.05, 0.1) is 6.42 Å². The van der Waals surface area contributed by atoms with Crippen LogP contribution in [-0.2, 0) is 4.79 Å². The summed E-state index contributed by atoms with van der Waals surface area (Å²) in [7, 11) is 1.26. The van der Waals surface area contributed by atoms with Crippen LogP contribution in [-0.4, -0.2) is 35.2 Å². The lowest BCUT2D eigenvalue weighted by Gasteiger charge is -2.33. The van der Waals surface area contributed by atoms with Crippen LogP contribution in [0.25, 0.3) is 0 Å². The van der Waals surface area contributed by atoms with E-state index < -0.39 is 30.7 Å². The molecule has 2 atom stereocenters. The smallest absolute Gasteiger partial charge is 0.404 e. The molecule has 112 valence electrons. The number of carboxylic acids is 1. The summed E-state index contributed by atoms with van der Waals surface area (Å²) in [5.41, 5.74) is 0.636. The Labute approximate surface area is 120 Å². The quantitative estimate of drug-likeness (QED) is 0.901. The molecule has 2 unspecified atom stereocenters. The average molecular weight is 310 g/mol. The highest BCUT2D eigenvalue weighted by atomic mass is 35.5. The van der Waals surface area contributed by atoms with Crippen LogP contribution in [0.15, 0.2) is 24.3 Å². The number of hydrogen-bond donors (Lipinski definition) is 1. The first-order valence-electron chi connectivity index (χ1n) is 5.89. The van der Waals surface area contributed by atoms with Crippen LogP contribution in [0.3, 0.4) is 0 Å². The van der Waals surface area contributed by atoms with Crippen molar-refractivity contribution in [3.8, 4) is 0 Å². The third-order valence-corrected chi connectivity index (χ3v) is 3.45. The van der Waals surface area contributed by atoms with Gasteiger partial charge in [-0.15, -0.1) is 0 Å². The van der Waals surface area contributed by atoms with Crippen molar-refractivity contribution in [3.63, 3.8) is 0 Å². The Balaban J connectivity index is 2.96. The summed E-state index contributed by atoms with van der Waals surface area (Å²) >= 11 is 5.73. The molecule has 0 bridgehead atoms. The Bertz CT molecular complexity index is 462. The van der Waals surface area contributed by atoms with Crippen molar-refractivity contribution in [1.82, 2.24) is 4.90 Å². The number of aliphatic carboxylic acids is 1.